The lowest BCUT2D eigenvalue weighted by Crippen LogP contribution is -2.48. The van der Waals surface area contributed by atoms with Crippen molar-refractivity contribution in [1.82, 2.24) is 15.2 Å². The van der Waals surface area contributed by atoms with Crippen molar-refractivity contribution < 1.29 is 19.1 Å². The van der Waals surface area contributed by atoms with E-state index in [0.717, 1.165) is 35.5 Å². The summed E-state index contributed by atoms with van der Waals surface area (Å²) in [4.78, 5) is 43.9. The Balaban J connectivity index is 1.29. The highest BCUT2D eigenvalue weighted by Crippen LogP contribution is 2.33. The number of nitrogens with one attached hydrogen (secondary N) is 2. The van der Waals surface area contributed by atoms with Crippen molar-refractivity contribution >= 4 is 34.3 Å². The molecule has 0 radical (unpaired) electrons. The first kappa shape index (κ1) is 21.3. The second kappa shape index (κ2) is 9.05. The average molecular weight is 443 g/mol. The smallest absolute Gasteiger partial charge is 0.325 e. The number of benzene rings is 1. The number of imide groups is 1. The van der Waals surface area contributed by atoms with Crippen LogP contribution in [-0.2, 0) is 16.0 Å². The van der Waals surface area contributed by atoms with Crippen molar-refractivity contribution in [2.24, 2.45) is 0 Å². The lowest BCUT2D eigenvalue weighted by atomic mass is 9.82. The fourth-order valence-electron chi connectivity index (χ4n) is 4.20. The first-order chi connectivity index (χ1) is 15.0. The molecule has 2 N–H and O–H groups in total. The molecule has 1 saturated heterocycles. The molecule has 31 heavy (non-hydrogen) atoms. The van der Waals surface area contributed by atoms with E-state index in [1.165, 1.54) is 16.2 Å². The fourth-order valence-corrected chi connectivity index (χ4v) is 5.06. The number of amides is 4. The van der Waals surface area contributed by atoms with Gasteiger partial charge < -0.3 is 15.4 Å². The molecule has 1 aliphatic heterocycles. The van der Waals surface area contributed by atoms with Crippen molar-refractivity contribution in [3.8, 4) is 5.75 Å². The summed E-state index contributed by atoms with van der Waals surface area (Å²) in [5.74, 6) is 0.332. The van der Waals surface area contributed by atoms with Gasteiger partial charge in [-0.15, -0.1) is 11.3 Å². The normalized spacial score (nSPS) is 17.6. The van der Waals surface area contributed by atoms with Gasteiger partial charge in [0, 0.05) is 30.5 Å². The molecule has 1 saturated carbocycles. The van der Waals surface area contributed by atoms with Gasteiger partial charge in [0.25, 0.3) is 5.91 Å². The maximum atomic E-state index is 12.8. The van der Waals surface area contributed by atoms with Gasteiger partial charge in [-0.3, -0.25) is 14.5 Å². The number of carbonyl (C=O) groups is 3. The van der Waals surface area contributed by atoms with E-state index in [2.05, 4.69) is 15.6 Å². The van der Waals surface area contributed by atoms with Crippen LogP contribution in [0.15, 0.2) is 30.5 Å². The third kappa shape index (κ3) is 4.71. The van der Waals surface area contributed by atoms with Crippen molar-refractivity contribution in [2.45, 2.75) is 50.5 Å². The summed E-state index contributed by atoms with van der Waals surface area (Å²) in [6.07, 6.45) is 6.77. The van der Waals surface area contributed by atoms with E-state index in [1.807, 2.05) is 24.3 Å². The molecule has 1 aromatic carbocycles. The Hall–Kier alpha value is -2.94. The van der Waals surface area contributed by atoms with Crippen LogP contribution in [0.3, 0.4) is 0 Å². The molecule has 2 heterocycles. The van der Waals surface area contributed by atoms with Gasteiger partial charge in [-0.25, -0.2) is 9.78 Å². The molecule has 1 aliphatic carbocycles. The standard InChI is InChI=1S/C22H26N4O4S/c1-30-16-7-5-6-15(12-16)13-17-14-23-20(31-17)24-18(27)8-11-26-19(28)22(25-21(26)29)9-3-2-4-10-22/h5-7,12,14H,2-4,8-11,13H2,1H3,(H,25,29)(H,23,24,27). The van der Waals surface area contributed by atoms with Crippen molar-refractivity contribution in [3.05, 3.63) is 40.9 Å². The summed E-state index contributed by atoms with van der Waals surface area (Å²) in [6.45, 7) is 0.0697. The highest BCUT2D eigenvalue weighted by molar-refractivity contribution is 7.15. The predicted octanol–water partition coefficient (Wildman–Crippen LogP) is 3.33. The average Bonchev–Trinajstić information content (AvgIpc) is 3.29. The molecule has 9 heteroatoms. The molecule has 0 bridgehead atoms. The minimum atomic E-state index is -0.754. The fraction of sp³-hybridized carbons (Fsp3) is 0.455. The van der Waals surface area contributed by atoms with Gasteiger partial charge in [0.1, 0.15) is 11.3 Å². The molecule has 2 fully saturated rings. The quantitative estimate of drug-likeness (QED) is 0.641. The molecule has 4 amide bonds. The van der Waals surface area contributed by atoms with Gasteiger partial charge in [0.2, 0.25) is 5.91 Å². The van der Waals surface area contributed by atoms with Gasteiger partial charge in [-0.05, 0) is 30.5 Å². The number of hydrogen-bond donors (Lipinski definition) is 2. The van der Waals surface area contributed by atoms with Crippen LogP contribution in [0.2, 0.25) is 0 Å². The van der Waals surface area contributed by atoms with E-state index < -0.39 is 11.6 Å². The van der Waals surface area contributed by atoms with E-state index in [4.69, 9.17) is 4.74 Å². The van der Waals surface area contributed by atoms with Crippen molar-refractivity contribution in [3.63, 3.8) is 0 Å². The minimum Gasteiger partial charge on any atom is -0.497 e. The molecule has 1 spiro atoms. The molecule has 164 valence electrons. The topological polar surface area (TPSA) is 101 Å². The summed E-state index contributed by atoms with van der Waals surface area (Å²) in [6, 6.07) is 7.41. The molecule has 0 atom stereocenters. The van der Waals surface area contributed by atoms with Gasteiger partial charge in [-0.1, -0.05) is 31.4 Å². The molecule has 2 aromatic rings. The number of methoxy groups -OCH3 is 1. The second-order valence-corrected chi connectivity index (χ2v) is 9.10. The Morgan fingerprint density at radius 1 is 1.29 bits per heavy atom. The van der Waals surface area contributed by atoms with Gasteiger partial charge in [-0.2, -0.15) is 0 Å². The van der Waals surface area contributed by atoms with Crippen LogP contribution in [0.5, 0.6) is 5.75 Å². The zero-order chi connectivity index (χ0) is 21.8. The number of carbonyl (C=O) groups excluding carboxylic acids is 3. The van der Waals surface area contributed by atoms with Gasteiger partial charge in [0.05, 0.1) is 7.11 Å². The number of rotatable bonds is 7. The largest absolute Gasteiger partial charge is 0.497 e. The highest BCUT2D eigenvalue weighted by Gasteiger charge is 2.51. The van der Waals surface area contributed by atoms with E-state index in [0.29, 0.717) is 24.4 Å². The van der Waals surface area contributed by atoms with E-state index >= 15 is 0 Å². The van der Waals surface area contributed by atoms with Crippen molar-refractivity contribution in [2.75, 3.05) is 19.0 Å². The zero-order valence-corrected chi connectivity index (χ0v) is 18.3. The van der Waals surface area contributed by atoms with Crippen molar-refractivity contribution in [1.29, 1.82) is 0 Å². The Kier molecular flexibility index (Phi) is 6.22. The third-order valence-corrected chi connectivity index (χ3v) is 6.74. The van der Waals surface area contributed by atoms with Crippen LogP contribution < -0.4 is 15.4 Å². The number of hydrogen-bond acceptors (Lipinski definition) is 6. The van der Waals surface area contributed by atoms with Gasteiger partial charge in [0.15, 0.2) is 5.13 Å². The maximum Gasteiger partial charge on any atom is 0.325 e. The van der Waals surface area contributed by atoms with Crippen LogP contribution in [0.1, 0.15) is 49.0 Å². The van der Waals surface area contributed by atoms with Gasteiger partial charge >= 0.3 is 6.03 Å². The zero-order valence-electron chi connectivity index (χ0n) is 17.5. The number of aromatic nitrogens is 1. The number of ether oxygens (including phenoxy) is 1. The summed E-state index contributed by atoms with van der Waals surface area (Å²) in [5, 5.41) is 6.14. The van der Waals surface area contributed by atoms with Crippen LogP contribution >= 0.6 is 11.3 Å². The number of nitrogens with zero attached hydrogens (tertiary/aromatic N) is 2. The van der Waals surface area contributed by atoms with Crippen LogP contribution in [0.4, 0.5) is 9.93 Å². The van der Waals surface area contributed by atoms with Crippen LogP contribution in [-0.4, -0.2) is 46.9 Å². The summed E-state index contributed by atoms with van der Waals surface area (Å²) >= 11 is 1.40. The molecule has 2 aliphatic rings. The summed E-state index contributed by atoms with van der Waals surface area (Å²) in [5.41, 5.74) is 0.340. The summed E-state index contributed by atoms with van der Waals surface area (Å²) < 4.78 is 5.25. The van der Waals surface area contributed by atoms with E-state index in [9.17, 15) is 14.4 Å². The molecule has 0 unspecified atom stereocenters. The molecule has 8 nitrogen and oxygen atoms in total. The third-order valence-electron chi connectivity index (χ3n) is 5.83. The van der Waals surface area contributed by atoms with E-state index in [-0.39, 0.29) is 24.8 Å². The Labute approximate surface area is 185 Å². The molecule has 4 rings (SSSR count). The Bertz CT molecular complexity index is 983. The number of thiazole rings is 1. The summed E-state index contributed by atoms with van der Waals surface area (Å²) in [7, 11) is 1.63. The SMILES string of the molecule is COc1cccc(Cc2cnc(NC(=O)CCN3C(=O)NC4(CCCCC4)C3=O)s2)c1. The Morgan fingerprint density at radius 2 is 2.10 bits per heavy atom. The lowest BCUT2D eigenvalue weighted by molar-refractivity contribution is -0.132. The minimum absolute atomic E-state index is 0.0417. The highest BCUT2D eigenvalue weighted by atomic mass is 32.1. The monoisotopic (exact) mass is 442 g/mol. The second-order valence-electron chi connectivity index (χ2n) is 7.99. The predicted molar refractivity (Wildman–Crippen MR) is 117 cm³/mol. The Morgan fingerprint density at radius 3 is 2.87 bits per heavy atom. The first-order valence-electron chi connectivity index (χ1n) is 10.5. The van der Waals surface area contributed by atoms with E-state index in [1.54, 1.807) is 13.3 Å². The number of urea groups is 1. The maximum absolute atomic E-state index is 12.8. The molecule has 1 aromatic heterocycles. The number of anilines is 1. The van der Waals surface area contributed by atoms with Crippen LogP contribution in [0.25, 0.3) is 0 Å². The molecular formula is C22H26N4O4S. The van der Waals surface area contributed by atoms with Crippen LogP contribution in [0, 0.1) is 0 Å². The first-order valence-corrected chi connectivity index (χ1v) is 11.3. The lowest BCUT2D eigenvalue weighted by Gasteiger charge is -2.30. The molecular weight excluding hydrogens is 416 g/mol.